The summed E-state index contributed by atoms with van der Waals surface area (Å²) in [5.74, 6) is 3.57. The lowest BCUT2D eigenvalue weighted by molar-refractivity contribution is 0.607. The summed E-state index contributed by atoms with van der Waals surface area (Å²) >= 11 is 4.14. The number of rotatable bonds is 2. The predicted octanol–water partition coefficient (Wildman–Crippen LogP) is 2.73. The van der Waals surface area contributed by atoms with Crippen molar-refractivity contribution in [3.8, 4) is 0 Å². The van der Waals surface area contributed by atoms with Crippen LogP contribution in [0.4, 0.5) is 0 Å². The maximum Gasteiger partial charge on any atom is 0.142 e. The van der Waals surface area contributed by atoms with E-state index in [1.54, 1.807) is 0 Å². The van der Waals surface area contributed by atoms with Crippen LogP contribution in [-0.2, 0) is 13.0 Å². The minimum absolute atomic E-state index is 0.481. The molecule has 1 fully saturated rings. The van der Waals surface area contributed by atoms with E-state index in [2.05, 4.69) is 30.9 Å². The number of aromatic nitrogens is 2. The molecule has 0 saturated carbocycles. The minimum atomic E-state index is 0.481. The molecule has 3 heterocycles. The summed E-state index contributed by atoms with van der Waals surface area (Å²) < 4.78 is 0. The number of nitrogens with zero attached hydrogens (tertiary/aromatic N) is 2. The molecule has 0 aromatic carbocycles. The SMILES string of the molecule is CCC1SCCSC1c1nc(C)c2c(n1)CNCC2. The van der Waals surface area contributed by atoms with Crippen LogP contribution in [0, 0.1) is 6.92 Å². The second-order valence-corrected chi connectivity index (χ2v) is 7.72. The van der Waals surface area contributed by atoms with Gasteiger partial charge in [-0.25, -0.2) is 9.97 Å². The smallest absolute Gasteiger partial charge is 0.142 e. The van der Waals surface area contributed by atoms with E-state index in [0.717, 1.165) is 25.3 Å². The Morgan fingerprint density at radius 3 is 2.95 bits per heavy atom. The number of nitrogens with one attached hydrogen (secondary N) is 1. The van der Waals surface area contributed by atoms with Crippen LogP contribution in [0.5, 0.6) is 0 Å². The summed E-state index contributed by atoms with van der Waals surface area (Å²) in [4.78, 5) is 9.72. The first-order valence-corrected chi connectivity index (χ1v) is 9.19. The lowest BCUT2D eigenvalue weighted by Crippen LogP contribution is -2.28. The zero-order chi connectivity index (χ0) is 13.2. The third-order valence-corrected chi connectivity index (χ3v) is 7.11. The minimum Gasteiger partial charge on any atom is -0.311 e. The van der Waals surface area contributed by atoms with Crippen LogP contribution in [0.1, 0.15) is 41.4 Å². The lowest BCUT2D eigenvalue weighted by Gasteiger charge is -2.30. The monoisotopic (exact) mass is 295 g/mol. The third-order valence-electron chi connectivity index (χ3n) is 3.87. The Bertz CT molecular complexity index is 464. The van der Waals surface area contributed by atoms with Crippen molar-refractivity contribution in [1.29, 1.82) is 0 Å². The topological polar surface area (TPSA) is 37.8 Å². The molecule has 104 valence electrons. The van der Waals surface area contributed by atoms with Gasteiger partial charge in [0, 0.05) is 29.0 Å². The highest BCUT2D eigenvalue weighted by atomic mass is 32.2. The second-order valence-electron chi connectivity index (χ2n) is 5.13. The largest absolute Gasteiger partial charge is 0.311 e. The highest BCUT2D eigenvalue weighted by Gasteiger charge is 2.30. The summed E-state index contributed by atoms with van der Waals surface area (Å²) in [6, 6.07) is 0. The van der Waals surface area contributed by atoms with Gasteiger partial charge in [-0.05, 0) is 31.9 Å². The van der Waals surface area contributed by atoms with Crippen LogP contribution < -0.4 is 5.32 Å². The quantitative estimate of drug-likeness (QED) is 0.908. The van der Waals surface area contributed by atoms with Crippen molar-refractivity contribution < 1.29 is 0 Å². The Morgan fingerprint density at radius 2 is 2.11 bits per heavy atom. The molecule has 2 atom stereocenters. The molecule has 1 N–H and O–H groups in total. The van der Waals surface area contributed by atoms with Crippen LogP contribution in [-0.4, -0.2) is 33.3 Å². The molecule has 0 radical (unpaired) electrons. The van der Waals surface area contributed by atoms with Crippen molar-refractivity contribution in [1.82, 2.24) is 15.3 Å². The van der Waals surface area contributed by atoms with Crippen molar-refractivity contribution >= 4 is 23.5 Å². The average Bonchev–Trinajstić information content (AvgIpc) is 2.47. The van der Waals surface area contributed by atoms with Crippen molar-refractivity contribution in [3.05, 3.63) is 22.8 Å². The van der Waals surface area contributed by atoms with Gasteiger partial charge in [0.05, 0.1) is 10.9 Å². The molecule has 2 unspecified atom stereocenters. The van der Waals surface area contributed by atoms with Crippen LogP contribution in [0.2, 0.25) is 0 Å². The second kappa shape index (κ2) is 6.02. The summed E-state index contributed by atoms with van der Waals surface area (Å²) in [7, 11) is 0. The average molecular weight is 295 g/mol. The molecule has 0 spiro atoms. The van der Waals surface area contributed by atoms with Gasteiger partial charge >= 0.3 is 0 Å². The maximum atomic E-state index is 4.89. The Hall–Kier alpha value is -0.260. The van der Waals surface area contributed by atoms with E-state index < -0.39 is 0 Å². The molecule has 2 aliphatic rings. The van der Waals surface area contributed by atoms with E-state index >= 15 is 0 Å². The van der Waals surface area contributed by atoms with Crippen LogP contribution in [0.15, 0.2) is 0 Å². The highest BCUT2D eigenvalue weighted by molar-refractivity contribution is 8.06. The van der Waals surface area contributed by atoms with Gasteiger partial charge in [-0.3, -0.25) is 0 Å². The standard InChI is InChI=1S/C14H21N3S2/c1-3-12-13(19-7-6-18-12)14-16-9(2)10-4-5-15-8-11(10)17-14/h12-13,15H,3-8H2,1-2H3. The Morgan fingerprint density at radius 1 is 1.26 bits per heavy atom. The van der Waals surface area contributed by atoms with Crippen molar-refractivity contribution in [3.63, 3.8) is 0 Å². The molecular weight excluding hydrogens is 274 g/mol. The number of thioether (sulfide) groups is 2. The Balaban J connectivity index is 1.93. The fraction of sp³-hybridized carbons (Fsp3) is 0.714. The molecule has 1 saturated heterocycles. The van der Waals surface area contributed by atoms with Gasteiger partial charge in [-0.1, -0.05) is 6.92 Å². The normalized spacial score (nSPS) is 27.1. The van der Waals surface area contributed by atoms with Gasteiger partial charge in [0.1, 0.15) is 5.82 Å². The predicted molar refractivity (Wildman–Crippen MR) is 83.9 cm³/mol. The zero-order valence-corrected chi connectivity index (χ0v) is 13.2. The summed E-state index contributed by atoms with van der Waals surface area (Å²) in [5.41, 5.74) is 3.82. The summed E-state index contributed by atoms with van der Waals surface area (Å²) in [6.07, 6.45) is 2.28. The van der Waals surface area contributed by atoms with Gasteiger partial charge in [-0.15, -0.1) is 11.8 Å². The van der Waals surface area contributed by atoms with Gasteiger partial charge in [0.2, 0.25) is 0 Å². The van der Waals surface area contributed by atoms with Crippen LogP contribution >= 0.6 is 23.5 Å². The van der Waals surface area contributed by atoms with E-state index in [1.165, 1.54) is 34.9 Å². The first kappa shape index (κ1) is 13.7. The molecule has 1 aromatic heterocycles. The third kappa shape index (κ3) is 2.78. The Labute approximate surface area is 123 Å². The fourth-order valence-electron chi connectivity index (χ4n) is 2.84. The summed E-state index contributed by atoms with van der Waals surface area (Å²) in [6.45, 7) is 6.40. The highest BCUT2D eigenvalue weighted by Crippen LogP contribution is 2.43. The van der Waals surface area contributed by atoms with Crippen molar-refractivity contribution in [2.75, 3.05) is 18.1 Å². The molecule has 0 amide bonds. The molecular formula is C14H21N3S2. The molecule has 1 aromatic rings. The van der Waals surface area contributed by atoms with Crippen LogP contribution in [0.25, 0.3) is 0 Å². The number of fused-ring (bicyclic) bond motifs is 1. The molecule has 2 aliphatic heterocycles. The van der Waals surface area contributed by atoms with E-state index in [0.29, 0.717) is 10.5 Å². The van der Waals surface area contributed by atoms with Gasteiger partial charge < -0.3 is 5.32 Å². The van der Waals surface area contributed by atoms with Crippen molar-refractivity contribution in [2.45, 2.75) is 43.7 Å². The number of aryl methyl sites for hydroxylation is 1. The van der Waals surface area contributed by atoms with Gasteiger partial charge in [-0.2, -0.15) is 11.8 Å². The van der Waals surface area contributed by atoms with Crippen LogP contribution in [0.3, 0.4) is 0 Å². The summed E-state index contributed by atoms with van der Waals surface area (Å²) in [5, 5.41) is 4.58. The van der Waals surface area contributed by atoms with E-state index in [9.17, 15) is 0 Å². The maximum absolute atomic E-state index is 4.89. The zero-order valence-electron chi connectivity index (χ0n) is 11.6. The number of hydrogen-bond acceptors (Lipinski definition) is 5. The van der Waals surface area contributed by atoms with E-state index in [1.807, 2.05) is 11.8 Å². The first-order chi connectivity index (χ1) is 9.29. The van der Waals surface area contributed by atoms with E-state index in [-0.39, 0.29) is 0 Å². The molecule has 0 bridgehead atoms. The lowest BCUT2D eigenvalue weighted by atomic mass is 10.0. The molecule has 3 rings (SSSR count). The molecule has 3 nitrogen and oxygen atoms in total. The molecule has 0 aliphatic carbocycles. The first-order valence-electron chi connectivity index (χ1n) is 7.09. The molecule has 5 heteroatoms. The molecule has 19 heavy (non-hydrogen) atoms. The van der Waals surface area contributed by atoms with E-state index in [4.69, 9.17) is 9.97 Å². The Kier molecular flexibility index (Phi) is 4.34. The van der Waals surface area contributed by atoms with Crippen molar-refractivity contribution in [2.24, 2.45) is 0 Å². The number of hydrogen-bond donors (Lipinski definition) is 1. The van der Waals surface area contributed by atoms with Gasteiger partial charge in [0.25, 0.3) is 0 Å². The fourth-order valence-corrected chi connectivity index (χ4v) is 5.83. The van der Waals surface area contributed by atoms with Gasteiger partial charge in [0.15, 0.2) is 0 Å².